The van der Waals surface area contributed by atoms with Crippen LogP contribution in [-0.4, -0.2) is 22.1 Å². The van der Waals surface area contributed by atoms with Crippen LogP contribution in [0.2, 0.25) is 0 Å². The molecule has 1 aromatic carbocycles. The Morgan fingerprint density at radius 1 is 1.33 bits per heavy atom. The highest BCUT2D eigenvalue weighted by Crippen LogP contribution is 2.30. The first-order valence-electron chi connectivity index (χ1n) is 5.57. The van der Waals surface area contributed by atoms with E-state index < -0.39 is 29.9 Å². The zero-order chi connectivity index (χ0) is 15.7. The topological polar surface area (TPSA) is 70.1 Å². The summed E-state index contributed by atoms with van der Waals surface area (Å²) in [6.07, 6.45) is 1.12. The number of hydrogen-bond acceptors (Lipinski definition) is 3. The molecule has 0 aliphatic heterocycles. The molecule has 112 valence electrons. The number of primary amides is 1. The van der Waals surface area contributed by atoms with Gasteiger partial charge in [-0.05, 0) is 12.1 Å². The van der Waals surface area contributed by atoms with Gasteiger partial charge in [0.15, 0.2) is 17.4 Å². The van der Waals surface area contributed by atoms with Gasteiger partial charge in [-0.1, -0.05) is 0 Å². The molecule has 0 fully saturated rings. The first-order valence-corrected chi connectivity index (χ1v) is 5.57. The van der Waals surface area contributed by atoms with Gasteiger partial charge in [0.25, 0.3) is 5.91 Å². The molecule has 5 nitrogen and oxygen atoms in total. The maximum Gasteiger partial charge on any atom is 0.387 e. The van der Waals surface area contributed by atoms with E-state index in [1.54, 1.807) is 0 Å². The van der Waals surface area contributed by atoms with Crippen LogP contribution in [0, 0.1) is 11.6 Å². The van der Waals surface area contributed by atoms with Crippen LogP contribution in [0.25, 0.3) is 11.3 Å². The lowest BCUT2D eigenvalue weighted by Crippen LogP contribution is -2.17. The molecule has 0 saturated carbocycles. The Bertz CT molecular complexity index is 700. The molecule has 0 atom stereocenters. The lowest BCUT2D eigenvalue weighted by molar-refractivity contribution is -0.0525. The molecule has 2 rings (SSSR count). The van der Waals surface area contributed by atoms with Gasteiger partial charge in [-0.25, -0.2) is 9.37 Å². The quantitative estimate of drug-likeness (QED) is 0.879. The molecule has 0 bridgehead atoms. The number of amides is 1. The first-order chi connectivity index (χ1) is 9.82. The van der Waals surface area contributed by atoms with Crippen LogP contribution < -0.4 is 10.5 Å². The van der Waals surface area contributed by atoms with E-state index in [9.17, 15) is 22.4 Å². The summed E-state index contributed by atoms with van der Waals surface area (Å²) in [5.41, 5.74) is 4.85. The van der Waals surface area contributed by atoms with E-state index >= 15 is 0 Å². The van der Waals surface area contributed by atoms with E-state index in [-0.39, 0.29) is 17.1 Å². The standard InChI is InChI=1S/C12H9F4N3O2/c1-19-6(4-18-11(19)10(17)20)5-2-3-7(21-12(15)16)9(14)8(5)13/h2-4,12H,1H3,(H2,17,20). The van der Waals surface area contributed by atoms with Gasteiger partial charge in [0.1, 0.15) is 0 Å². The van der Waals surface area contributed by atoms with E-state index in [1.807, 2.05) is 0 Å². The molecule has 1 amide bonds. The number of imidazole rings is 1. The van der Waals surface area contributed by atoms with Crippen molar-refractivity contribution in [2.45, 2.75) is 6.61 Å². The average molecular weight is 303 g/mol. The smallest absolute Gasteiger partial charge is 0.387 e. The van der Waals surface area contributed by atoms with Gasteiger partial charge in [-0.3, -0.25) is 4.79 Å². The maximum atomic E-state index is 13.9. The summed E-state index contributed by atoms with van der Waals surface area (Å²) < 4.78 is 56.7. The lowest BCUT2D eigenvalue weighted by Gasteiger charge is -2.10. The van der Waals surface area contributed by atoms with Gasteiger partial charge in [0.2, 0.25) is 5.82 Å². The molecule has 0 unspecified atom stereocenters. The number of hydrogen-bond donors (Lipinski definition) is 1. The van der Waals surface area contributed by atoms with Crippen molar-refractivity contribution in [3.8, 4) is 17.0 Å². The van der Waals surface area contributed by atoms with Crippen molar-refractivity contribution in [1.82, 2.24) is 9.55 Å². The summed E-state index contributed by atoms with van der Waals surface area (Å²) in [7, 11) is 1.38. The van der Waals surface area contributed by atoms with Crippen molar-refractivity contribution in [3.05, 3.63) is 35.8 Å². The van der Waals surface area contributed by atoms with Gasteiger partial charge >= 0.3 is 6.61 Å². The first kappa shape index (κ1) is 14.8. The van der Waals surface area contributed by atoms with Crippen LogP contribution in [0.5, 0.6) is 5.75 Å². The molecule has 0 radical (unpaired) electrons. The van der Waals surface area contributed by atoms with Crippen molar-refractivity contribution < 1.29 is 27.1 Å². The van der Waals surface area contributed by atoms with Gasteiger partial charge in [-0.2, -0.15) is 13.2 Å². The summed E-state index contributed by atoms with van der Waals surface area (Å²) in [4.78, 5) is 14.7. The van der Waals surface area contributed by atoms with Gasteiger partial charge in [0, 0.05) is 12.6 Å². The summed E-state index contributed by atoms with van der Waals surface area (Å²) in [5, 5.41) is 0. The number of alkyl halides is 2. The Labute approximate surface area is 115 Å². The third-order valence-corrected chi connectivity index (χ3v) is 2.75. The van der Waals surface area contributed by atoms with E-state index in [1.165, 1.54) is 7.05 Å². The van der Waals surface area contributed by atoms with Gasteiger partial charge in [0.05, 0.1) is 11.9 Å². The predicted molar refractivity (Wildman–Crippen MR) is 63.7 cm³/mol. The second-order valence-electron chi connectivity index (χ2n) is 4.01. The number of nitrogens with zero attached hydrogens (tertiary/aromatic N) is 2. The zero-order valence-corrected chi connectivity index (χ0v) is 10.6. The largest absolute Gasteiger partial charge is 0.432 e. The maximum absolute atomic E-state index is 13.9. The molecular formula is C12H9F4N3O2. The average Bonchev–Trinajstić information content (AvgIpc) is 2.77. The molecular weight excluding hydrogens is 294 g/mol. The zero-order valence-electron chi connectivity index (χ0n) is 10.6. The van der Waals surface area contributed by atoms with E-state index in [4.69, 9.17) is 5.73 Å². The Kier molecular flexibility index (Phi) is 3.83. The number of halogens is 4. The fraction of sp³-hybridized carbons (Fsp3) is 0.167. The second kappa shape index (κ2) is 5.43. The molecule has 9 heteroatoms. The van der Waals surface area contributed by atoms with Gasteiger partial charge in [-0.15, -0.1) is 0 Å². The Balaban J connectivity index is 2.51. The number of rotatable bonds is 4. The highest BCUT2D eigenvalue weighted by Gasteiger charge is 2.21. The third kappa shape index (κ3) is 2.67. The lowest BCUT2D eigenvalue weighted by atomic mass is 10.1. The van der Waals surface area contributed by atoms with E-state index in [0.29, 0.717) is 0 Å². The molecule has 1 aromatic heterocycles. The van der Waals surface area contributed by atoms with Crippen molar-refractivity contribution >= 4 is 5.91 Å². The highest BCUT2D eigenvalue weighted by molar-refractivity contribution is 5.90. The van der Waals surface area contributed by atoms with Crippen LogP contribution in [0.4, 0.5) is 17.6 Å². The molecule has 2 aromatic rings. The predicted octanol–water partition coefficient (Wildman–Crippen LogP) is 2.07. The Hall–Kier alpha value is -2.58. The van der Waals surface area contributed by atoms with Crippen molar-refractivity contribution in [2.75, 3.05) is 0 Å². The van der Waals surface area contributed by atoms with E-state index in [0.717, 1.165) is 22.9 Å². The Morgan fingerprint density at radius 2 is 2.00 bits per heavy atom. The fourth-order valence-electron chi connectivity index (χ4n) is 1.81. The third-order valence-electron chi connectivity index (χ3n) is 2.75. The van der Waals surface area contributed by atoms with Gasteiger partial charge < -0.3 is 15.0 Å². The molecule has 21 heavy (non-hydrogen) atoms. The van der Waals surface area contributed by atoms with Crippen LogP contribution in [-0.2, 0) is 7.05 Å². The minimum Gasteiger partial charge on any atom is -0.432 e. The minimum absolute atomic E-state index is 0.0591. The van der Waals surface area contributed by atoms with Crippen LogP contribution >= 0.6 is 0 Å². The van der Waals surface area contributed by atoms with Crippen molar-refractivity contribution in [3.63, 3.8) is 0 Å². The molecule has 0 spiro atoms. The van der Waals surface area contributed by atoms with Crippen molar-refractivity contribution in [1.29, 1.82) is 0 Å². The summed E-state index contributed by atoms with van der Waals surface area (Å²) in [5.74, 6) is -4.87. The van der Waals surface area contributed by atoms with Crippen LogP contribution in [0.15, 0.2) is 18.3 Å². The minimum atomic E-state index is -3.28. The molecule has 2 N–H and O–H groups in total. The summed E-state index contributed by atoms with van der Waals surface area (Å²) in [6.45, 7) is -3.28. The number of carbonyl (C=O) groups is 1. The molecule has 0 aliphatic carbocycles. The number of ether oxygens (including phenoxy) is 1. The number of benzene rings is 1. The molecule has 0 saturated heterocycles. The fourth-order valence-corrected chi connectivity index (χ4v) is 1.81. The molecule has 1 heterocycles. The summed E-state index contributed by atoms with van der Waals surface area (Å²) in [6, 6.07) is 1.90. The monoisotopic (exact) mass is 303 g/mol. The molecule has 0 aliphatic rings. The number of nitrogens with two attached hydrogens (primary N) is 1. The number of aromatic nitrogens is 2. The van der Waals surface area contributed by atoms with Crippen LogP contribution in [0.1, 0.15) is 10.6 Å². The SMILES string of the molecule is Cn1c(-c2ccc(OC(F)F)c(F)c2F)cnc1C(N)=O. The van der Waals surface area contributed by atoms with E-state index in [2.05, 4.69) is 9.72 Å². The number of carbonyl (C=O) groups excluding carboxylic acids is 1. The normalized spacial score (nSPS) is 11.0. The van der Waals surface area contributed by atoms with Crippen molar-refractivity contribution in [2.24, 2.45) is 12.8 Å². The van der Waals surface area contributed by atoms with Crippen LogP contribution in [0.3, 0.4) is 0 Å². The second-order valence-corrected chi connectivity index (χ2v) is 4.01. The summed E-state index contributed by atoms with van der Waals surface area (Å²) >= 11 is 0. The Morgan fingerprint density at radius 3 is 2.52 bits per heavy atom. The highest BCUT2D eigenvalue weighted by atomic mass is 19.3.